The van der Waals surface area contributed by atoms with Gasteiger partial charge in [-0.2, -0.15) is 0 Å². The van der Waals surface area contributed by atoms with Crippen molar-refractivity contribution in [2.75, 3.05) is 0 Å². The molecule has 3 aromatic rings. The van der Waals surface area contributed by atoms with Crippen molar-refractivity contribution in [2.45, 2.75) is 39.7 Å². The highest BCUT2D eigenvalue weighted by Crippen LogP contribution is 2.41. The average molecular weight is 407 g/mol. The summed E-state index contributed by atoms with van der Waals surface area (Å²) in [5.41, 5.74) is 5.56. The van der Waals surface area contributed by atoms with Crippen molar-refractivity contribution in [3.63, 3.8) is 0 Å². The van der Waals surface area contributed by atoms with Crippen molar-refractivity contribution < 1.29 is 9.32 Å². The average Bonchev–Trinajstić information content (AvgIpc) is 3.05. The number of ketones is 1. The van der Waals surface area contributed by atoms with Crippen LogP contribution in [0.5, 0.6) is 0 Å². The van der Waals surface area contributed by atoms with E-state index in [2.05, 4.69) is 17.3 Å². The largest absolute Gasteiger partial charge is 0.358 e. The van der Waals surface area contributed by atoms with E-state index in [1.807, 2.05) is 57.2 Å². The van der Waals surface area contributed by atoms with Crippen LogP contribution in [0.25, 0.3) is 11.1 Å². The van der Waals surface area contributed by atoms with E-state index >= 15 is 0 Å². The maximum atomic E-state index is 12.8. The number of halogens is 1. The quantitative estimate of drug-likeness (QED) is 0.506. The number of carbonyl (C=O) groups excluding carboxylic acids is 1. The van der Waals surface area contributed by atoms with E-state index in [1.54, 1.807) is 0 Å². The number of benzene rings is 2. The lowest BCUT2D eigenvalue weighted by Gasteiger charge is -2.14. The first kappa shape index (κ1) is 19.6. The molecule has 148 valence electrons. The molecular weight excluding hydrogens is 384 g/mol. The number of aromatic nitrogens is 1. The van der Waals surface area contributed by atoms with Crippen molar-refractivity contribution in [1.82, 2.24) is 5.16 Å². The highest BCUT2D eigenvalue weighted by Gasteiger charge is 2.32. The summed E-state index contributed by atoms with van der Waals surface area (Å²) in [5.74, 6) is 0.834. The Morgan fingerprint density at radius 2 is 1.83 bits per heavy atom. The minimum Gasteiger partial charge on any atom is -0.358 e. The molecular formula is C24H23ClN2O2. The number of nitrogens with zero attached hydrogens (tertiary/aromatic N) is 2. The summed E-state index contributed by atoms with van der Waals surface area (Å²) < 4.78 is 5.72. The Morgan fingerprint density at radius 3 is 2.52 bits per heavy atom. The fourth-order valence-corrected chi connectivity index (χ4v) is 3.86. The van der Waals surface area contributed by atoms with Crippen LogP contribution in [0.1, 0.15) is 55.3 Å². The molecule has 1 aliphatic rings. The summed E-state index contributed by atoms with van der Waals surface area (Å²) in [7, 11) is 0. The van der Waals surface area contributed by atoms with E-state index in [0.717, 1.165) is 40.1 Å². The molecule has 5 heteroatoms. The molecule has 1 aromatic heterocycles. The molecule has 0 saturated carbocycles. The van der Waals surface area contributed by atoms with Gasteiger partial charge in [0.05, 0.1) is 17.0 Å². The van der Waals surface area contributed by atoms with Gasteiger partial charge in [0.25, 0.3) is 0 Å². The summed E-state index contributed by atoms with van der Waals surface area (Å²) in [6, 6.07) is 15.3. The van der Waals surface area contributed by atoms with Crippen molar-refractivity contribution in [2.24, 2.45) is 10.9 Å². The van der Waals surface area contributed by atoms with Gasteiger partial charge in [-0.3, -0.25) is 9.79 Å². The standard InChI is InChI=1S/C24H23ClN2O2/c1-4-14(2)21(28)13-20-24-22(15(3)27-29-24)18-7-5-6-8-19(18)23(26-20)16-9-11-17(25)12-10-16/h5-12,14,20H,4,13H2,1-3H3/t14?,20-/m0/s1. The molecule has 2 atom stereocenters. The van der Waals surface area contributed by atoms with E-state index in [0.29, 0.717) is 17.2 Å². The highest BCUT2D eigenvalue weighted by atomic mass is 35.5. The second-order valence-corrected chi connectivity index (χ2v) is 7.97. The smallest absolute Gasteiger partial charge is 0.169 e. The van der Waals surface area contributed by atoms with Gasteiger partial charge in [-0.25, -0.2) is 0 Å². The molecule has 0 aliphatic carbocycles. The minimum absolute atomic E-state index is 0.0118. The molecule has 2 heterocycles. The van der Waals surface area contributed by atoms with E-state index in [9.17, 15) is 4.79 Å². The summed E-state index contributed by atoms with van der Waals surface area (Å²) in [4.78, 5) is 17.8. The molecule has 0 radical (unpaired) electrons. The molecule has 2 aromatic carbocycles. The first-order valence-corrected chi connectivity index (χ1v) is 10.3. The van der Waals surface area contributed by atoms with E-state index in [1.165, 1.54) is 0 Å². The number of rotatable bonds is 5. The van der Waals surface area contributed by atoms with Crippen molar-refractivity contribution in [3.8, 4) is 11.1 Å². The molecule has 29 heavy (non-hydrogen) atoms. The summed E-state index contributed by atoms with van der Waals surface area (Å²) in [6.07, 6.45) is 1.10. The van der Waals surface area contributed by atoms with Gasteiger partial charge < -0.3 is 4.52 Å². The first-order valence-electron chi connectivity index (χ1n) is 9.92. The number of hydrogen-bond acceptors (Lipinski definition) is 4. The number of hydrogen-bond donors (Lipinski definition) is 0. The normalized spacial score (nSPS) is 16.4. The van der Waals surface area contributed by atoms with E-state index < -0.39 is 6.04 Å². The molecule has 0 spiro atoms. The predicted molar refractivity (Wildman–Crippen MR) is 116 cm³/mol. The van der Waals surface area contributed by atoms with Gasteiger partial charge in [-0.15, -0.1) is 0 Å². The predicted octanol–water partition coefficient (Wildman–Crippen LogP) is 6.20. The SMILES string of the molecule is CCC(C)C(=O)C[C@@H]1N=C(c2ccc(Cl)cc2)c2ccccc2-c2c(C)noc21. The number of aliphatic imine (C=N–C) groups is 1. The Kier molecular flexibility index (Phi) is 5.37. The van der Waals surface area contributed by atoms with Crippen LogP contribution in [0.4, 0.5) is 0 Å². The molecule has 4 nitrogen and oxygen atoms in total. The van der Waals surface area contributed by atoms with Gasteiger partial charge in [-0.05, 0) is 31.0 Å². The van der Waals surface area contributed by atoms with Crippen molar-refractivity contribution >= 4 is 23.1 Å². The Labute approximate surface area is 175 Å². The van der Waals surface area contributed by atoms with E-state index in [4.69, 9.17) is 21.1 Å². The molecule has 4 rings (SSSR count). The topological polar surface area (TPSA) is 55.5 Å². The molecule has 0 amide bonds. The van der Waals surface area contributed by atoms with Gasteiger partial charge in [-0.1, -0.05) is 67.0 Å². The zero-order chi connectivity index (χ0) is 20.5. The number of Topliss-reactive ketones (excluding diaryl/α,β-unsaturated/α-hetero) is 1. The van der Waals surface area contributed by atoms with Crippen LogP contribution in [-0.2, 0) is 4.79 Å². The van der Waals surface area contributed by atoms with Crippen LogP contribution in [0.3, 0.4) is 0 Å². The van der Waals surface area contributed by atoms with Crippen molar-refractivity contribution in [1.29, 1.82) is 0 Å². The maximum Gasteiger partial charge on any atom is 0.169 e. The fraction of sp³-hybridized carbons (Fsp3) is 0.292. The van der Waals surface area contributed by atoms with Crippen LogP contribution in [0.2, 0.25) is 5.02 Å². The fourth-order valence-electron chi connectivity index (χ4n) is 3.73. The van der Waals surface area contributed by atoms with Crippen LogP contribution >= 0.6 is 11.6 Å². The molecule has 0 N–H and O–H groups in total. The Balaban J connectivity index is 1.92. The molecule has 0 bridgehead atoms. The second kappa shape index (κ2) is 7.96. The van der Waals surface area contributed by atoms with Crippen molar-refractivity contribution in [3.05, 3.63) is 76.1 Å². The third-order valence-electron chi connectivity index (χ3n) is 5.60. The summed E-state index contributed by atoms with van der Waals surface area (Å²) in [6.45, 7) is 5.92. The lowest BCUT2D eigenvalue weighted by Crippen LogP contribution is -2.14. The van der Waals surface area contributed by atoms with Crippen LogP contribution in [-0.4, -0.2) is 16.7 Å². The summed E-state index contributed by atoms with van der Waals surface area (Å²) >= 11 is 6.10. The van der Waals surface area contributed by atoms with Gasteiger partial charge in [0, 0.05) is 28.5 Å². The lowest BCUT2D eigenvalue weighted by molar-refractivity contribution is -0.122. The van der Waals surface area contributed by atoms with E-state index in [-0.39, 0.29) is 11.7 Å². The first-order chi connectivity index (χ1) is 14.0. The third kappa shape index (κ3) is 3.65. The zero-order valence-electron chi connectivity index (χ0n) is 16.8. The maximum absolute atomic E-state index is 12.8. The van der Waals surface area contributed by atoms with Gasteiger partial charge in [0.15, 0.2) is 5.76 Å². The Bertz CT molecular complexity index is 1080. The zero-order valence-corrected chi connectivity index (χ0v) is 17.5. The molecule has 0 fully saturated rings. The van der Waals surface area contributed by atoms with Crippen LogP contribution in [0.15, 0.2) is 58.0 Å². The van der Waals surface area contributed by atoms with Crippen LogP contribution in [0, 0.1) is 12.8 Å². The van der Waals surface area contributed by atoms with Gasteiger partial charge in [0.1, 0.15) is 11.8 Å². The minimum atomic E-state index is -0.411. The molecule has 1 aliphatic heterocycles. The highest BCUT2D eigenvalue weighted by molar-refractivity contribution is 6.30. The monoisotopic (exact) mass is 406 g/mol. The third-order valence-corrected chi connectivity index (χ3v) is 5.85. The van der Waals surface area contributed by atoms with Gasteiger partial charge >= 0.3 is 0 Å². The number of fused-ring (bicyclic) bond motifs is 3. The Hall–Kier alpha value is -2.72. The molecule has 0 saturated heterocycles. The van der Waals surface area contributed by atoms with Gasteiger partial charge in [0.2, 0.25) is 0 Å². The van der Waals surface area contributed by atoms with Crippen LogP contribution < -0.4 is 0 Å². The lowest BCUT2D eigenvalue weighted by atomic mass is 9.92. The molecule has 1 unspecified atom stereocenters. The summed E-state index contributed by atoms with van der Waals surface area (Å²) in [5, 5.41) is 4.87. The second-order valence-electron chi connectivity index (χ2n) is 7.53. The number of aryl methyl sites for hydroxylation is 1. The Morgan fingerprint density at radius 1 is 1.14 bits per heavy atom. The number of carbonyl (C=O) groups is 1.